The molecule has 0 spiro atoms. The molecule has 9 heteroatoms. The van der Waals surface area contributed by atoms with Gasteiger partial charge in [-0.3, -0.25) is 0 Å². The van der Waals surface area contributed by atoms with Gasteiger partial charge in [-0.2, -0.15) is 0 Å². The molecule has 8 nitrogen and oxygen atoms in total. The molecular weight excluding hydrogens is 692 g/mol. The number of benzene rings is 1. The monoisotopic (exact) mass is 743 g/mol. The predicted molar refractivity (Wildman–Crippen MR) is 226 cm³/mol. The SMILES string of the molecule is C=CC1=C(/C=C\C)C2=NC1=NC1=NC(=NC3=NC(=NC4=NC(=N2)C(/C=C\C)=C4C=C)C(C=C)=C3/C=C\C)c2ccccc21.CC.CC.CC.CC.[Cu]. The van der Waals surface area contributed by atoms with Crippen LogP contribution in [0, 0.1) is 0 Å². The number of rotatable bonds is 6. The van der Waals surface area contributed by atoms with Gasteiger partial charge in [0.25, 0.3) is 0 Å². The molecule has 0 saturated heterocycles. The summed E-state index contributed by atoms with van der Waals surface area (Å²) in [5, 5.41) is 0. The van der Waals surface area contributed by atoms with Gasteiger partial charge in [-0.15, -0.1) is 0 Å². The maximum absolute atomic E-state index is 4.95. The molecule has 6 rings (SSSR count). The van der Waals surface area contributed by atoms with Crippen molar-refractivity contribution >= 4 is 46.7 Å². The van der Waals surface area contributed by atoms with Crippen LogP contribution in [0.2, 0.25) is 0 Å². The van der Waals surface area contributed by atoms with E-state index in [1.54, 1.807) is 18.2 Å². The number of aliphatic imine (C=N–C) groups is 8. The maximum atomic E-state index is 4.95. The molecule has 0 fully saturated rings. The molecular formula is C43H52CuN8. The van der Waals surface area contributed by atoms with Gasteiger partial charge in [0.2, 0.25) is 0 Å². The normalized spacial score (nSPS) is 16.5. The zero-order chi connectivity index (χ0) is 38.1. The minimum atomic E-state index is 0. The third-order valence-electron chi connectivity index (χ3n) is 7.03. The first-order valence-corrected chi connectivity index (χ1v) is 17.8. The van der Waals surface area contributed by atoms with E-state index in [1.807, 2.05) is 137 Å². The first-order valence-electron chi connectivity index (χ1n) is 17.8. The van der Waals surface area contributed by atoms with Crippen molar-refractivity contribution in [2.75, 3.05) is 0 Å². The molecule has 1 aromatic carbocycles. The van der Waals surface area contributed by atoms with Crippen LogP contribution in [-0.4, -0.2) is 46.7 Å². The van der Waals surface area contributed by atoms with Crippen LogP contribution in [0.15, 0.2) is 172 Å². The van der Waals surface area contributed by atoms with Crippen molar-refractivity contribution in [3.63, 3.8) is 0 Å². The number of allylic oxidation sites excluding steroid dienone is 3. The molecule has 0 unspecified atom stereocenters. The van der Waals surface area contributed by atoms with Crippen LogP contribution in [0.25, 0.3) is 0 Å². The topological polar surface area (TPSA) is 98.9 Å². The molecule has 0 aliphatic carbocycles. The summed E-state index contributed by atoms with van der Waals surface area (Å²) < 4.78 is 0. The molecule has 8 bridgehead atoms. The van der Waals surface area contributed by atoms with Crippen molar-refractivity contribution in [3.8, 4) is 0 Å². The van der Waals surface area contributed by atoms with Gasteiger partial charge in [-0.25, -0.2) is 39.9 Å². The summed E-state index contributed by atoms with van der Waals surface area (Å²) in [5.41, 5.74) is 6.22. The second-order valence-corrected chi connectivity index (χ2v) is 9.62. The first kappa shape index (κ1) is 44.8. The largest absolute Gasteiger partial charge is 0.208 e. The fourth-order valence-corrected chi connectivity index (χ4v) is 5.16. The van der Waals surface area contributed by atoms with Crippen molar-refractivity contribution in [1.29, 1.82) is 0 Å². The second kappa shape index (κ2) is 22.6. The van der Waals surface area contributed by atoms with Crippen LogP contribution >= 0.6 is 0 Å². The Balaban J connectivity index is 0.00000141. The second-order valence-electron chi connectivity index (χ2n) is 9.62. The summed E-state index contributed by atoms with van der Waals surface area (Å²) in [7, 11) is 0. The van der Waals surface area contributed by atoms with Gasteiger partial charge in [0.15, 0.2) is 46.7 Å². The van der Waals surface area contributed by atoms with E-state index >= 15 is 0 Å². The van der Waals surface area contributed by atoms with E-state index in [1.165, 1.54) is 0 Å². The van der Waals surface area contributed by atoms with Crippen LogP contribution in [0.5, 0.6) is 0 Å². The Morgan fingerprint density at radius 1 is 0.365 bits per heavy atom. The van der Waals surface area contributed by atoms with Crippen LogP contribution in [0.4, 0.5) is 0 Å². The molecule has 1 aromatic rings. The molecule has 52 heavy (non-hydrogen) atoms. The van der Waals surface area contributed by atoms with Crippen LogP contribution in [0.3, 0.4) is 0 Å². The molecule has 0 aromatic heterocycles. The van der Waals surface area contributed by atoms with Crippen LogP contribution in [-0.2, 0) is 17.1 Å². The minimum Gasteiger partial charge on any atom is -0.208 e. The quantitative estimate of drug-likeness (QED) is 0.259. The van der Waals surface area contributed by atoms with Crippen LogP contribution in [0.1, 0.15) is 87.3 Å². The summed E-state index contributed by atoms with van der Waals surface area (Å²) in [4.78, 5) is 39.1. The average Bonchev–Trinajstić information content (AvgIpc) is 3.89. The Morgan fingerprint density at radius 3 is 0.827 bits per heavy atom. The fourth-order valence-electron chi connectivity index (χ4n) is 5.16. The number of hydrogen-bond donors (Lipinski definition) is 0. The van der Waals surface area contributed by atoms with E-state index in [0.29, 0.717) is 46.7 Å². The minimum absolute atomic E-state index is 0. The van der Waals surface area contributed by atoms with E-state index < -0.39 is 0 Å². The standard InChI is InChI=1S/C35H28N8.4C2H6.Cu/c1-7-15-23-20(10-4)28-36-29-21(11-5)24(16-8-2)33(38-29)42-35-27-19-14-13-18-26(27)34(43-35)40-30-22(12-6)25(17-9-3)32(39-30)41-31(23)37-28;4*1-2;/h7-19H,4-6H2,1-3H3;4*1-2H3;/b15-7-,16-8-,17-9-,36-28?,36-29?,40-30?,40-34?,41-31?,41-32?,42-33?,42-35?;;;;;. The molecule has 275 valence electrons. The van der Waals surface area contributed by atoms with Crippen molar-refractivity contribution in [2.45, 2.75) is 76.2 Å². The maximum Gasteiger partial charge on any atom is 0.164 e. The molecule has 0 amide bonds. The van der Waals surface area contributed by atoms with E-state index in [4.69, 9.17) is 39.9 Å². The molecule has 0 N–H and O–H groups in total. The third kappa shape index (κ3) is 9.15. The molecule has 5 heterocycles. The Labute approximate surface area is 321 Å². The van der Waals surface area contributed by atoms with E-state index in [9.17, 15) is 0 Å². The Bertz CT molecular complexity index is 1980. The summed E-state index contributed by atoms with van der Waals surface area (Å²) in [5.74, 6) is 3.68. The third-order valence-corrected chi connectivity index (χ3v) is 7.03. The number of hydrogen-bond acceptors (Lipinski definition) is 8. The van der Waals surface area contributed by atoms with Gasteiger partial charge in [-0.1, -0.05) is 154 Å². The van der Waals surface area contributed by atoms with Gasteiger partial charge >= 0.3 is 0 Å². The molecule has 5 aliphatic rings. The van der Waals surface area contributed by atoms with Gasteiger partial charge in [0.05, 0.1) is 0 Å². The number of nitrogens with zero attached hydrogens (tertiary/aromatic N) is 8. The van der Waals surface area contributed by atoms with Crippen molar-refractivity contribution in [3.05, 3.63) is 143 Å². The van der Waals surface area contributed by atoms with E-state index in [0.717, 1.165) is 44.6 Å². The molecule has 1 radical (unpaired) electrons. The Hall–Kier alpha value is -5.24. The summed E-state index contributed by atoms with van der Waals surface area (Å²) in [6.07, 6.45) is 16.8. The molecule has 5 aliphatic heterocycles. The number of amidine groups is 8. The summed E-state index contributed by atoms with van der Waals surface area (Å²) in [6, 6.07) is 7.84. The average molecular weight is 744 g/mol. The van der Waals surface area contributed by atoms with Gasteiger partial charge < -0.3 is 0 Å². The van der Waals surface area contributed by atoms with Crippen molar-refractivity contribution in [2.24, 2.45) is 39.9 Å². The van der Waals surface area contributed by atoms with E-state index in [-0.39, 0.29) is 17.1 Å². The van der Waals surface area contributed by atoms with E-state index in [2.05, 4.69) is 19.7 Å². The Morgan fingerprint density at radius 2 is 0.577 bits per heavy atom. The van der Waals surface area contributed by atoms with Crippen molar-refractivity contribution < 1.29 is 17.1 Å². The summed E-state index contributed by atoms with van der Waals surface area (Å²) in [6.45, 7) is 34.0. The van der Waals surface area contributed by atoms with Gasteiger partial charge in [0, 0.05) is 61.6 Å². The van der Waals surface area contributed by atoms with Gasteiger partial charge in [0.1, 0.15) is 0 Å². The van der Waals surface area contributed by atoms with Crippen LogP contribution < -0.4 is 0 Å². The zero-order valence-corrected chi connectivity index (χ0v) is 33.4. The number of fused-ring (bicyclic) bond motifs is 7. The molecule has 0 saturated carbocycles. The fraction of sp³-hybridized carbons (Fsp3) is 0.256. The smallest absolute Gasteiger partial charge is 0.164 e. The molecule has 0 atom stereocenters. The predicted octanol–water partition coefficient (Wildman–Crippen LogP) is 10.9. The first-order chi connectivity index (χ1) is 25.0. The van der Waals surface area contributed by atoms with Crippen molar-refractivity contribution in [1.82, 2.24) is 0 Å². The zero-order valence-electron chi connectivity index (χ0n) is 32.5. The summed E-state index contributed by atoms with van der Waals surface area (Å²) >= 11 is 0. The van der Waals surface area contributed by atoms with Gasteiger partial charge in [-0.05, 0) is 20.8 Å². The Kier molecular flexibility index (Phi) is 19.4.